The average Bonchev–Trinajstić information content (AvgIpc) is 2.43. The Morgan fingerprint density at radius 3 is 1.47 bits per heavy atom. The van der Waals surface area contributed by atoms with Crippen LogP contribution in [0.3, 0.4) is 0 Å². The van der Waals surface area contributed by atoms with Crippen LogP contribution in [0.4, 0.5) is 0 Å². The molecule has 1 heterocycles. The molecule has 0 N–H and O–H groups in total. The van der Waals surface area contributed by atoms with E-state index in [9.17, 15) is 0 Å². The third-order valence-electron chi connectivity index (χ3n) is 4.16. The fourth-order valence-corrected chi connectivity index (χ4v) is 4.36. The van der Waals surface area contributed by atoms with Crippen LogP contribution in [-0.2, 0) is 15.7 Å². The molecule has 3 heteroatoms. The van der Waals surface area contributed by atoms with Crippen LogP contribution in [0, 0.1) is 0 Å². The van der Waals surface area contributed by atoms with Crippen molar-refractivity contribution in [2.45, 2.75) is 64.2 Å². The van der Waals surface area contributed by atoms with Crippen molar-refractivity contribution >= 4 is 13.4 Å². The molecule has 1 rings (SSSR count). The molecule has 1 aliphatic rings. The van der Waals surface area contributed by atoms with E-state index in [2.05, 4.69) is 34.6 Å². The van der Waals surface area contributed by atoms with Gasteiger partial charge in [0.2, 0.25) is 0 Å². The molecular formula is C12H23B2Co. The van der Waals surface area contributed by atoms with Crippen molar-refractivity contribution < 1.29 is 15.7 Å². The first kappa shape index (κ1) is 13.4. The monoisotopic (exact) mass is 248 g/mol. The average molecular weight is 248 g/mol. The van der Waals surface area contributed by atoms with E-state index in [0.29, 0.717) is 13.4 Å². The molecule has 0 unspecified atom stereocenters. The molecule has 0 fully saturated rings. The van der Waals surface area contributed by atoms with Crippen LogP contribution in [0.5, 0.6) is 0 Å². The third-order valence-corrected chi connectivity index (χ3v) is 4.89. The van der Waals surface area contributed by atoms with Crippen LogP contribution in [0.15, 0.2) is 10.9 Å². The third kappa shape index (κ3) is 2.10. The molecule has 1 aliphatic heterocycles. The van der Waals surface area contributed by atoms with Gasteiger partial charge in [0.1, 0.15) is 0 Å². The van der Waals surface area contributed by atoms with Crippen molar-refractivity contribution in [1.29, 1.82) is 0 Å². The van der Waals surface area contributed by atoms with Gasteiger partial charge >= 0.3 is 104 Å². The van der Waals surface area contributed by atoms with E-state index >= 15 is 0 Å². The SMILES string of the molecule is CCB1C(CC)=C(CC)B(CC)[C]1(C)[Co]. The van der Waals surface area contributed by atoms with Crippen LogP contribution in [0.25, 0.3) is 0 Å². The predicted octanol–water partition coefficient (Wildman–Crippen LogP) is 4.03. The number of hydrogen-bond donors (Lipinski definition) is 0. The summed E-state index contributed by atoms with van der Waals surface area (Å²) in [6, 6.07) is 0. The Morgan fingerprint density at radius 2 is 1.27 bits per heavy atom. The Kier molecular flexibility index (Phi) is 4.60. The van der Waals surface area contributed by atoms with Crippen LogP contribution in [0.1, 0.15) is 47.5 Å². The van der Waals surface area contributed by atoms with Crippen LogP contribution in [-0.4, -0.2) is 13.4 Å². The quantitative estimate of drug-likeness (QED) is 0.658. The molecule has 0 bridgehead atoms. The van der Waals surface area contributed by atoms with Crippen molar-refractivity contribution in [3.05, 3.63) is 10.9 Å². The fourth-order valence-electron chi connectivity index (χ4n) is 3.58. The van der Waals surface area contributed by atoms with Gasteiger partial charge in [0.25, 0.3) is 0 Å². The van der Waals surface area contributed by atoms with E-state index in [-0.39, 0.29) is 4.15 Å². The van der Waals surface area contributed by atoms with Crippen LogP contribution >= 0.6 is 0 Å². The van der Waals surface area contributed by atoms with Crippen molar-refractivity contribution in [3.8, 4) is 0 Å². The molecule has 0 spiro atoms. The van der Waals surface area contributed by atoms with E-state index in [1.807, 2.05) is 0 Å². The minimum atomic E-state index is 0.188. The van der Waals surface area contributed by atoms with Gasteiger partial charge in [-0.3, -0.25) is 0 Å². The second-order valence-corrected chi connectivity index (χ2v) is 5.90. The maximum atomic E-state index is 5.04. The molecule has 15 heavy (non-hydrogen) atoms. The van der Waals surface area contributed by atoms with Gasteiger partial charge in [-0.1, -0.05) is 0 Å². The minimum absolute atomic E-state index is 0.188. The van der Waals surface area contributed by atoms with Gasteiger partial charge in [-0.15, -0.1) is 0 Å². The summed E-state index contributed by atoms with van der Waals surface area (Å²) in [7, 11) is 0. The van der Waals surface area contributed by atoms with Gasteiger partial charge in [-0.05, 0) is 0 Å². The Bertz CT molecular complexity index is 234. The molecule has 0 saturated heterocycles. The first-order valence-electron chi connectivity index (χ1n) is 6.42. The molecule has 0 aromatic heterocycles. The van der Waals surface area contributed by atoms with E-state index in [1.54, 1.807) is 10.9 Å². The summed E-state index contributed by atoms with van der Waals surface area (Å²) in [6.45, 7) is 12.9. The second-order valence-electron chi connectivity index (χ2n) is 4.78. The Morgan fingerprint density at radius 1 is 0.933 bits per heavy atom. The van der Waals surface area contributed by atoms with Crippen molar-refractivity contribution in [1.82, 2.24) is 0 Å². The number of allylic oxidation sites excluding steroid dienone is 2. The summed E-state index contributed by atoms with van der Waals surface area (Å²) in [5, 5.41) is 0. The molecule has 0 saturated carbocycles. The van der Waals surface area contributed by atoms with Gasteiger partial charge in [-0.25, -0.2) is 0 Å². The topological polar surface area (TPSA) is 0 Å². The standard InChI is InChI=1S/C12H23B2.Co/c1-6-11-12(7-2)14(9-4)10(5)13(11)8-3;/h6-9H2,1-5H3;. The summed E-state index contributed by atoms with van der Waals surface area (Å²) < 4.78 is 0.188. The molecule has 0 aliphatic carbocycles. The first-order valence-corrected chi connectivity index (χ1v) is 6.94. The van der Waals surface area contributed by atoms with Crippen molar-refractivity contribution in [2.75, 3.05) is 0 Å². The summed E-state index contributed by atoms with van der Waals surface area (Å²) in [5.74, 6) is 0. The zero-order valence-corrected chi connectivity index (χ0v) is 11.9. The summed E-state index contributed by atoms with van der Waals surface area (Å²) in [4.78, 5) is 0. The molecular weight excluding hydrogens is 225 g/mol. The van der Waals surface area contributed by atoms with E-state index in [0.717, 1.165) is 0 Å². The summed E-state index contributed by atoms with van der Waals surface area (Å²) in [6.07, 6.45) is 4.91. The Hall–Kier alpha value is 0.376. The molecule has 0 aromatic carbocycles. The molecule has 86 valence electrons. The number of rotatable bonds is 4. The van der Waals surface area contributed by atoms with E-state index < -0.39 is 0 Å². The van der Waals surface area contributed by atoms with Crippen LogP contribution < -0.4 is 0 Å². The van der Waals surface area contributed by atoms with Crippen LogP contribution in [0.2, 0.25) is 16.8 Å². The summed E-state index contributed by atoms with van der Waals surface area (Å²) >= 11 is 5.04. The predicted molar refractivity (Wildman–Crippen MR) is 68.4 cm³/mol. The Labute approximate surface area is 104 Å². The molecule has 0 radical (unpaired) electrons. The Balaban J connectivity index is 3.14. The molecule has 0 amide bonds. The molecule has 0 nitrogen and oxygen atoms in total. The summed E-state index contributed by atoms with van der Waals surface area (Å²) in [5.41, 5.74) is 3.42. The van der Waals surface area contributed by atoms with Crippen molar-refractivity contribution in [2.24, 2.45) is 0 Å². The van der Waals surface area contributed by atoms with E-state index in [4.69, 9.17) is 15.7 Å². The molecule has 0 atom stereocenters. The maximum absolute atomic E-state index is 5.04. The number of hydrogen-bond acceptors (Lipinski definition) is 0. The normalized spacial score (nSPS) is 20.5. The van der Waals surface area contributed by atoms with Crippen molar-refractivity contribution in [3.63, 3.8) is 0 Å². The fraction of sp³-hybridized carbons (Fsp3) is 0.833. The van der Waals surface area contributed by atoms with Gasteiger partial charge in [-0.2, -0.15) is 0 Å². The zero-order valence-electron chi connectivity index (χ0n) is 10.8. The van der Waals surface area contributed by atoms with Gasteiger partial charge in [0, 0.05) is 0 Å². The zero-order chi connectivity index (χ0) is 11.6. The van der Waals surface area contributed by atoms with Gasteiger partial charge in [0.05, 0.1) is 0 Å². The van der Waals surface area contributed by atoms with Gasteiger partial charge < -0.3 is 0 Å². The van der Waals surface area contributed by atoms with E-state index in [1.165, 1.54) is 25.5 Å². The first-order chi connectivity index (χ1) is 7.04. The molecule has 0 aromatic rings. The van der Waals surface area contributed by atoms with Gasteiger partial charge in [0.15, 0.2) is 0 Å². The second kappa shape index (κ2) is 5.14.